The lowest BCUT2D eigenvalue weighted by Crippen LogP contribution is -2.25. The molecule has 0 saturated carbocycles. The van der Waals surface area contributed by atoms with Crippen molar-refractivity contribution in [3.63, 3.8) is 0 Å². The molecule has 1 aromatic rings. The number of nitrogens with zero attached hydrogens (tertiary/aromatic N) is 1. The molecule has 1 rings (SSSR count). The average molecular weight is 251 g/mol. The van der Waals surface area contributed by atoms with Gasteiger partial charge in [0.25, 0.3) is 5.91 Å². The van der Waals surface area contributed by atoms with Crippen LogP contribution < -0.4 is 11.5 Å². The highest BCUT2D eigenvalue weighted by Gasteiger charge is 2.29. The Morgan fingerprint density at radius 1 is 1.00 bits per heavy atom. The van der Waals surface area contributed by atoms with Crippen LogP contribution in [-0.4, -0.2) is 17.0 Å². The van der Waals surface area contributed by atoms with E-state index in [2.05, 4.69) is 4.99 Å². The largest absolute Gasteiger partial charge is 0.503 e. The number of benzene rings is 1. The molecule has 92 valence electrons. The van der Waals surface area contributed by atoms with Crippen LogP contribution in [0, 0.1) is 23.3 Å². The van der Waals surface area contributed by atoms with E-state index in [1.54, 1.807) is 0 Å². The lowest BCUT2D eigenvalue weighted by molar-refractivity contribution is 0.0992. The SMILES string of the molecule is NC(N)=NC(=O)c1c(F)c(F)c(O)c(F)c1F. The highest BCUT2D eigenvalue weighted by atomic mass is 19.2. The normalized spacial score (nSPS) is 10.1. The highest BCUT2D eigenvalue weighted by Crippen LogP contribution is 2.29. The molecule has 0 radical (unpaired) electrons. The Kier molecular flexibility index (Phi) is 3.21. The number of amides is 1. The Bertz CT molecular complexity index is 497. The number of nitrogens with two attached hydrogens (primary N) is 2. The highest BCUT2D eigenvalue weighted by molar-refractivity contribution is 6.02. The molecule has 17 heavy (non-hydrogen) atoms. The number of guanidine groups is 1. The molecule has 1 aromatic carbocycles. The van der Waals surface area contributed by atoms with Gasteiger partial charge in [-0.05, 0) is 0 Å². The van der Waals surface area contributed by atoms with Gasteiger partial charge in [-0.25, -0.2) is 8.78 Å². The van der Waals surface area contributed by atoms with Crippen molar-refractivity contribution in [2.75, 3.05) is 0 Å². The first kappa shape index (κ1) is 12.7. The van der Waals surface area contributed by atoms with E-state index in [9.17, 15) is 22.4 Å². The Labute approximate surface area is 91.4 Å². The Hall–Kier alpha value is -2.32. The molecule has 0 aliphatic carbocycles. The second-order valence-electron chi connectivity index (χ2n) is 2.82. The van der Waals surface area contributed by atoms with E-state index in [0.717, 1.165) is 0 Å². The van der Waals surface area contributed by atoms with Crippen molar-refractivity contribution in [1.29, 1.82) is 0 Å². The van der Waals surface area contributed by atoms with Gasteiger partial charge in [0.15, 0.2) is 23.3 Å². The number of halogens is 4. The summed E-state index contributed by atoms with van der Waals surface area (Å²) < 4.78 is 51.9. The maximum absolute atomic E-state index is 13.1. The average Bonchev–Trinajstić information content (AvgIpc) is 2.23. The van der Waals surface area contributed by atoms with Crippen LogP contribution in [0.5, 0.6) is 5.75 Å². The number of phenols is 1. The predicted octanol–water partition coefficient (Wildman–Crippen LogP) is 0.362. The lowest BCUT2D eigenvalue weighted by atomic mass is 10.1. The quantitative estimate of drug-likeness (QED) is 0.290. The van der Waals surface area contributed by atoms with Crippen molar-refractivity contribution < 1.29 is 27.5 Å². The summed E-state index contributed by atoms with van der Waals surface area (Å²) in [5.41, 5.74) is 7.89. The van der Waals surface area contributed by atoms with Gasteiger partial charge in [0.05, 0.1) is 0 Å². The van der Waals surface area contributed by atoms with Gasteiger partial charge in [0.2, 0.25) is 11.6 Å². The molecule has 0 fully saturated rings. The summed E-state index contributed by atoms with van der Waals surface area (Å²) in [6.45, 7) is 0. The summed E-state index contributed by atoms with van der Waals surface area (Å²) >= 11 is 0. The van der Waals surface area contributed by atoms with E-state index >= 15 is 0 Å². The van der Waals surface area contributed by atoms with Crippen LogP contribution in [-0.2, 0) is 0 Å². The third kappa shape index (κ3) is 2.12. The summed E-state index contributed by atoms with van der Waals surface area (Å²) in [5, 5.41) is 8.63. The molecule has 1 amide bonds. The van der Waals surface area contributed by atoms with Crippen LogP contribution in [0.25, 0.3) is 0 Å². The minimum Gasteiger partial charge on any atom is -0.503 e. The summed E-state index contributed by atoms with van der Waals surface area (Å²) in [7, 11) is 0. The maximum Gasteiger partial charge on any atom is 0.286 e. The fourth-order valence-electron chi connectivity index (χ4n) is 0.981. The van der Waals surface area contributed by atoms with Crippen LogP contribution in [0.4, 0.5) is 17.6 Å². The van der Waals surface area contributed by atoms with Gasteiger partial charge in [-0.1, -0.05) is 0 Å². The first-order valence-electron chi connectivity index (χ1n) is 3.96. The molecule has 0 saturated heterocycles. The fourth-order valence-corrected chi connectivity index (χ4v) is 0.981. The smallest absolute Gasteiger partial charge is 0.286 e. The molecular formula is C8H5F4N3O2. The molecule has 0 spiro atoms. The number of phenolic OH excluding ortho intramolecular Hbond substituents is 1. The Balaban J connectivity index is 3.55. The molecule has 0 aliphatic heterocycles. The van der Waals surface area contributed by atoms with Gasteiger partial charge in [0.1, 0.15) is 5.56 Å². The van der Waals surface area contributed by atoms with Gasteiger partial charge >= 0.3 is 0 Å². The molecule has 0 heterocycles. The molecule has 0 aliphatic rings. The van der Waals surface area contributed by atoms with Gasteiger partial charge in [0, 0.05) is 0 Å². The van der Waals surface area contributed by atoms with Crippen molar-refractivity contribution >= 4 is 11.9 Å². The second-order valence-corrected chi connectivity index (χ2v) is 2.82. The summed E-state index contributed by atoms with van der Waals surface area (Å²) in [6.07, 6.45) is 0. The Morgan fingerprint density at radius 2 is 1.41 bits per heavy atom. The number of aromatic hydroxyl groups is 1. The molecule has 5 nitrogen and oxygen atoms in total. The second kappa shape index (κ2) is 4.28. The zero-order valence-electron chi connectivity index (χ0n) is 7.97. The van der Waals surface area contributed by atoms with Crippen LogP contribution in [0.1, 0.15) is 10.4 Å². The standard InChI is InChI=1S/C8H5F4N3O2/c9-2-1(7(17)15-8(13)14)3(10)5(12)6(16)4(2)11/h16H,(H4,13,14,15,17). The zero-order valence-corrected chi connectivity index (χ0v) is 7.97. The molecular weight excluding hydrogens is 246 g/mol. The van der Waals surface area contributed by atoms with Crippen LogP contribution >= 0.6 is 0 Å². The minimum absolute atomic E-state index is 0.845. The first-order valence-corrected chi connectivity index (χ1v) is 3.96. The number of rotatable bonds is 1. The van der Waals surface area contributed by atoms with E-state index in [0.29, 0.717) is 0 Å². The topological polar surface area (TPSA) is 102 Å². The van der Waals surface area contributed by atoms with Crippen molar-refractivity contribution in [3.8, 4) is 5.75 Å². The lowest BCUT2D eigenvalue weighted by Gasteiger charge is -2.05. The van der Waals surface area contributed by atoms with Crippen molar-refractivity contribution in [3.05, 3.63) is 28.8 Å². The van der Waals surface area contributed by atoms with Crippen molar-refractivity contribution in [2.24, 2.45) is 16.5 Å². The summed E-state index contributed by atoms with van der Waals surface area (Å²) in [4.78, 5) is 13.8. The molecule has 0 bridgehead atoms. The molecule has 0 aromatic heterocycles. The van der Waals surface area contributed by atoms with Gasteiger partial charge in [-0.2, -0.15) is 13.8 Å². The van der Waals surface area contributed by atoms with Crippen LogP contribution in [0.15, 0.2) is 4.99 Å². The minimum atomic E-state index is -2.11. The van der Waals surface area contributed by atoms with Crippen molar-refractivity contribution in [1.82, 2.24) is 0 Å². The van der Waals surface area contributed by atoms with Gasteiger partial charge < -0.3 is 16.6 Å². The maximum atomic E-state index is 13.1. The monoisotopic (exact) mass is 251 g/mol. The number of carbonyl (C=O) groups excluding carboxylic acids is 1. The summed E-state index contributed by atoms with van der Waals surface area (Å²) in [6, 6.07) is 0. The van der Waals surface area contributed by atoms with E-state index in [1.807, 2.05) is 0 Å². The third-order valence-electron chi connectivity index (χ3n) is 1.68. The van der Waals surface area contributed by atoms with Crippen LogP contribution in [0.2, 0.25) is 0 Å². The van der Waals surface area contributed by atoms with E-state index < -0.39 is 46.4 Å². The predicted molar refractivity (Wildman–Crippen MR) is 48.1 cm³/mol. The molecule has 5 N–H and O–H groups in total. The molecule has 0 atom stereocenters. The molecule has 9 heteroatoms. The number of hydrogen-bond donors (Lipinski definition) is 3. The number of hydrogen-bond acceptors (Lipinski definition) is 2. The first-order chi connectivity index (χ1) is 7.77. The van der Waals surface area contributed by atoms with Gasteiger partial charge in [-0.15, -0.1) is 0 Å². The van der Waals surface area contributed by atoms with Crippen molar-refractivity contribution in [2.45, 2.75) is 0 Å². The number of carbonyl (C=O) groups is 1. The molecule has 0 unspecified atom stereocenters. The van der Waals surface area contributed by atoms with E-state index in [4.69, 9.17) is 16.6 Å². The fraction of sp³-hybridized carbons (Fsp3) is 0. The zero-order chi connectivity index (χ0) is 13.3. The summed E-state index contributed by atoms with van der Waals surface area (Å²) in [5.74, 6) is -12.8. The van der Waals surface area contributed by atoms with E-state index in [-0.39, 0.29) is 0 Å². The third-order valence-corrected chi connectivity index (χ3v) is 1.68. The van der Waals surface area contributed by atoms with Crippen LogP contribution in [0.3, 0.4) is 0 Å². The van der Waals surface area contributed by atoms with Gasteiger partial charge in [-0.3, -0.25) is 4.79 Å². The number of aliphatic imine (C=N–C) groups is 1. The van der Waals surface area contributed by atoms with E-state index in [1.165, 1.54) is 0 Å². The Morgan fingerprint density at radius 3 is 1.76 bits per heavy atom.